The smallest absolute Gasteiger partial charge is 0.260 e. The molecule has 1 aromatic heterocycles. The predicted octanol–water partition coefficient (Wildman–Crippen LogP) is 2.95. The summed E-state index contributed by atoms with van der Waals surface area (Å²) in [6.45, 7) is 0. The van der Waals surface area contributed by atoms with E-state index in [4.69, 9.17) is 5.26 Å². The van der Waals surface area contributed by atoms with Crippen LogP contribution in [0.15, 0.2) is 6.20 Å². The molecule has 88 valence electrons. The minimum atomic E-state index is -4.46. The van der Waals surface area contributed by atoms with Gasteiger partial charge in [0.05, 0.1) is 11.1 Å². The van der Waals surface area contributed by atoms with E-state index in [1.165, 1.54) is 0 Å². The molecule has 0 aliphatic heterocycles. The molecule has 0 saturated heterocycles. The van der Waals surface area contributed by atoms with Gasteiger partial charge in [0.1, 0.15) is 6.07 Å². The molecule has 1 heterocycles. The number of halogens is 3. The van der Waals surface area contributed by atoms with Crippen LogP contribution in [0.3, 0.4) is 0 Å². The Morgan fingerprint density at radius 3 is 2.53 bits per heavy atom. The van der Waals surface area contributed by atoms with Gasteiger partial charge in [0.15, 0.2) is 0 Å². The predicted molar refractivity (Wildman–Crippen MR) is 53.2 cm³/mol. The fraction of sp³-hybridized carbons (Fsp3) is 0.500. The van der Waals surface area contributed by atoms with Crippen LogP contribution in [0.2, 0.25) is 0 Å². The van der Waals surface area contributed by atoms with Crippen LogP contribution in [0, 0.1) is 11.3 Å². The number of aromatic nitrogens is 1. The van der Waals surface area contributed by atoms with Crippen molar-refractivity contribution in [2.75, 3.05) is 0 Å². The summed E-state index contributed by atoms with van der Waals surface area (Å²) in [5.41, 5.74) is -0.579. The molecule has 5 heteroatoms. The van der Waals surface area contributed by atoms with Crippen molar-refractivity contribution in [1.82, 2.24) is 4.98 Å². The number of nitriles is 1. The van der Waals surface area contributed by atoms with E-state index in [2.05, 4.69) is 4.98 Å². The zero-order valence-electron chi connectivity index (χ0n) is 8.93. The second kappa shape index (κ2) is 3.00. The fourth-order valence-electron chi connectivity index (χ4n) is 2.97. The molecule has 1 aromatic rings. The van der Waals surface area contributed by atoms with Crippen molar-refractivity contribution in [3.63, 3.8) is 0 Å². The van der Waals surface area contributed by atoms with Crippen LogP contribution in [0.5, 0.6) is 0 Å². The second-order valence-corrected chi connectivity index (χ2v) is 4.79. The Labute approximate surface area is 96.1 Å². The maximum Gasteiger partial charge on any atom is 0.418 e. The molecule has 0 N–H and O–H groups in total. The van der Waals surface area contributed by atoms with Gasteiger partial charge in [0.2, 0.25) is 0 Å². The largest absolute Gasteiger partial charge is 0.418 e. The number of rotatable bonds is 0. The zero-order chi connectivity index (χ0) is 12.3. The highest BCUT2D eigenvalue weighted by Crippen LogP contribution is 2.57. The number of nitrogens with zero attached hydrogens (tertiary/aromatic N) is 2. The Kier molecular flexibility index (Phi) is 1.87. The van der Waals surface area contributed by atoms with E-state index in [0.29, 0.717) is 17.7 Å². The highest BCUT2D eigenvalue weighted by Gasteiger charge is 2.54. The van der Waals surface area contributed by atoms with Crippen molar-refractivity contribution in [2.24, 2.45) is 0 Å². The van der Waals surface area contributed by atoms with Gasteiger partial charge in [-0.05, 0) is 24.8 Å². The lowest BCUT2D eigenvalue weighted by atomic mass is 9.53. The van der Waals surface area contributed by atoms with Gasteiger partial charge in [0.25, 0.3) is 0 Å². The maximum atomic E-state index is 13.0. The molecule has 0 atom stereocenters. The first-order chi connectivity index (χ1) is 7.98. The molecule has 2 nitrogen and oxygen atoms in total. The van der Waals surface area contributed by atoms with E-state index in [1.807, 2.05) is 0 Å². The third-order valence-electron chi connectivity index (χ3n) is 3.91. The highest BCUT2D eigenvalue weighted by molar-refractivity contribution is 5.55. The molecule has 0 radical (unpaired) electrons. The SMILES string of the molecule is N#Cc1cnc2c(c1C(F)(F)F)C1(CCC1)C2. The maximum absolute atomic E-state index is 13.0. The van der Waals surface area contributed by atoms with Crippen molar-refractivity contribution in [2.45, 2.75) is 37.3 Å². The van der Waals surface area contributed by atoms with E-state index in [-0.39, 0.29) is 11.0 Å². The normalized spacial score (nSPS) is 20.1. The van der Waals surface area contributed by atoms with Gasteiger partial charge in [0, 0.05) is 17.3 Å². The molecule has 3 rings (SSSR count). The molecule has 1 fully saturated rings. The van der Waals surface area contributed by atoms with Crippen LogP contribution >= 0.6 is 0 Å². The highest BCUT2D eigenvalue weighted by atomic mass is 19.4. The summed E-state index contributed by atoms with van der Waals surface area (Å²) in [5.74, 6) is 0. The molecular weight excluding hydrogens is 229 g/mol. The van der Waals surface area contributed by atoms with Gasteiger partial charge in [-0.15, -0.1) is 0 Å². The standard InChI is InChI=1S/C12H9F3N2/c13-12(14,15)9-7(5-16)6-17-8-4-11(10(8)9)2-1-3-11/h6H,1-4H2. The third kappa shape index (κ3) is 1.24. The number of fused-ring (bicyclic) bond motifs is 2. The van der Waals surface area contributed by atoms with E-state index < -0.39 is 11.7 Å². The number of hydrogen-bond donors (Lipinski definition) is 0. The van der Waals surface area contributed by atoms with Crippen molar-refractivity contribution in [3.8, 4) is 6.07 Å². The summed E-state index contributed by atoms with van der Waals surface area (Å²) in [5, 5.41) is 8.79. The van der Waals surface area contributed by atoms with E-state index in [0.717, 1.165) is 25.5 Å². The van der Waals surface area contributed by atoms with Crippen molar-refractivity contribution in [1.29, 1.82) is 5.26 Å². The molecule has 2 aliphatic rings. The Hall–Kier alpha value is -1.57. The molecular formula is C12H9F3N2. The van der Waals surface area contributed by atoms with Crippen LogP contribution < -0.4 is 0 Å². The Morgan fingerprint density at radius 2 is 2.06 bits per heavy atom. The molecule has 1 saturated carbocycles. The van der Waals surface area contributed by atoms with Gasteiger partial charge >= 0.3 is 6.18 Å². The lowest BCUT2D eigenvalue weighted by molar-refractivity contribution is -0.140. The fourth-order valence-corrected chi connectivity index (χ4v) is 2.97. The minimum Gasteiger partial charge on any atom is -0.260 e. The molecule has 0 amide bonds. The van der Waals surface area contributed by atoms with Gasteiger partial charge < -0.3 is 0 Å². The first-order valence-electron chi connectivity index (χ1n) is 5.48. The number of alkyl halides is 3. The van der Waals surface area contributed by atoms with Crippen molar-refractivity contribution < 1.29 is 13.2 Å². The molecule has 0 bridgehead atoms. The quantitative estimate of drug-likeness (QED) is 0.696. The zero-order valence-corrected chi connectivity index (χ0v) is 8.93. The summed E-state index contributed by atoms with van der Waals surface area (Å²) in [6.07, 6.45) is -0.224. The topological polar surface area (TPSA) is 36.7 Å². The van der Waals surface area contributed by atoms with E-state index in [1.54, 1.807) is 6.07 Å². The van der Waals surface area contributed by atoms with Gasteiger partial charge in [-0.25, -0.2) is 0 Å². The van der Waals surface area contributed by atoms with E-state index in [9.17, 15) is 13.2 Å². The van der Waals surface area contributed by atoms with E-state index >= 15 is 0 Å². The number of hydrogen-bond acceptors (Lipinski definition) is 2. The van der Waals surface area contributed by atoms with Crippen LogP contribution in [-0.2, 0) is 18.0 Å². The second-order valence-electron chi connectivity index (χ2n) is 4.79. The molecule has 2 aliphatic carbocycles. The van der Waals surface area contributed by atoms with Gasteiger partial charge in [-0.2, -0.15) is 18.4 Å². The van der Waals surface area contributed by atoms with Crippen molar-refractivity contribution >= 4 is 0 Å². The Balaban J connectivity index is 2.24. The summed E-state index contributed by atoms with van der Waals surface area (Å²) in [7, 11) is 0. The lowest BCUT2D eigenvalue weighted by Gasteiger charge is -2.51. The summed E-state index contributed by atoms with van der Waals surface area (Å²) < 4.78 is 39.1. The van der Waals surface area contributed by atoms with Crippen LogP contribution in [-0.4, -0.2) is 4.98 Å². The molecule has 17 heavy (non-hydrogen) atoms. The molecule has 0 unspecified atom stereocenters. The average Bonchev–Trinajstić information content (AvgIpc) is 2.15. The number of pyridine rings is 1. The summed E-state index contributed by atoms with van der Waals surface area (Å²) in [6, 6.07) is 1.61. The monoisotopic (exact) mass is 238 g/mol. The van der Waals surface area contributed by atoms with Crippen molar-refractivity contribution in [3.05, 3.63) is 28.6 Å². The first kappa shape index (κ1) is 10.6. The minimum absolute atomic E-state index is 0.301. The van der Waals surface area contributed by atoms with Crippen LogP contribution in [0.4, 0.5) is 13.2 Å². The van der Waals surface area contributed by atoms with Gasteiger partial charge in [-0.3, -0.25) is 4.98 Å². The van der Waals surface area contributed by atoms with Gasteiger partial charge in [-0.1, -0.05) is 6.42 Å². The Morgan fingerprint density at radius 1 is 1.35 bits per heavy atom. The lowest BCUT2D eigenvalue weighted by Crippen LogP contribution is -2.47. The summed E-state index contributed by atoms with van der Waals surface area (Å²) >= 11 is 0. The average molecular weight is 238 g/mol. The summed E-state index contributed by atoms with van der Waals surface area (Å²) in [4.78, 5) is 3.97. The molecule has 1 spiro atoms. The van der Waals surface area contributed by atoms with Crippen LogP contribution in [0.1, 0.15) is 41.6 Å². The third-order valence-corrected chi connectivity index (χ3v) is 3.91. The van der Waals surface area contributed by atoms with Crippen LogP contribution in [0.25, 0.3) is 0 Å². The first-order valence-corrected chi connectivity index (χ1v) is 5.48. The Bertz CT molecular complexity index is 536. The molecule has 0 aromatic carbocycles.